The van der Waals surface area contributed by atoms with Crippen molar-refractivity contribution in [3.63, 3.8) is 0 Å². The van der Waals surface area contributed by atoms with Crippen LogP contribution < -0.4 is 0 Å². The third-order valence-corrected chi connectivity index (χ3v) is 3.12. The first-order valence-electron chi connectivity index (χ1n) is 5.41. The minimum absolute atomic E-state index is 0.139. The number of hydrogen-bond acceptors (Lipinski definition) is 3. The van der Waals surface area contributed by atoms with Gasteiger partial charge in [-0.1, -0.05) is 23.4 Å². The number of rotatable bonds is 4. The molecule has 2 rings (SSSR count). The summed E-state index contributed by atoms with van der Waals surface area (Å²) in [6.07, 6.45) is -2.74. The van der Waals surface area contributed by atoms with Gasteiger partial charge in [0.15, 0.2) is 0 Å². The van der Waals surface area contributed by atoms with E-state index >= 15 is 0 Å². The molecule has 0 spiro atoms. The lowest BCUT2D eigenvalue weighted by Crippen LogP contribution is -2.04. The Morgan fingerprint density at radius 3 is 2.47 bits per heavy atom. The molecule has 1 aromatic carbocycles. The SMILES string of the molecule is FC(F)(F)c1ccc(CO/N=C/c2cccs2)cc1. The van der Waals surface area contributed by atoms with Gasteiger partial charge in [0.1, 0.15) is 6.61 Å². The van der Waals surface area contributed by atoms with Crippen LogP contribution in [0.5, 0.6) is 0 Å². The molecule has 0 saturated heterocycles. The fourth-order valence-corrected chi connectivity index (χ4v) is 1.93. The standard InChI is InChI=1S/C13H10F3NOS/c14-13(15,16)11-5-3-10(4-6-11)9-18-17-8-12-2-1-7-19-12/h1-8H,9H2/b17-8+. The predicted octanol–water partition coefficient (Wildman–Crippen LogP) is 4.32. The van der Waals surface area contributed by atoms with Crippen LogP contribution in [0.1, 0.15) is 16.0 Å². The van der Waals surface area contributed by atoms with E-state index in [4.69, 9.17) is 4.84 Å². The maximum atomic E-state index is 12.3. The smallest absolute Gasteiger partial charge is 0.391 e. The molecule has 0 fully saturated rings. The van der Waals surface area contributed by atoms with Crippen molar-refractivity contribution in [3.8, 4) is 0 Å². The summed E-state index contributed by atoms with van der Waals surface area (Å²) >= 11 is 1.52. The molecule has 2 aromatic rings. The average molecular weight is 285 g/mol. The number of oxime groups is 1. The molecule has 0 aliphatic carbocycles. The van der Waals surface area contributed by atoms with Gasteiger partial charge in [-0.3, -0.25) is 0 Å². The van der Waals surface area contributed by atoms with Gasteiger partial charge in [-0.2, -0.15) is 13.2 Å². The Hall–Kier alpha value is -1.82. The first-order chi connectivity index (χ1) is 9.05. The van der Waals surface area contributed by atoms with Gasteiger partial charge in [0, 0.05) is 4.88 Å². The van der Waals surface area contributed by atoms with Gasteiger partial charge < -0.3 is 4.84 Å². The predicted molar refractivity (Wildman–Crippen MR) is 68.1 cm³/mol. The van der Waals surface area contributed by atoms with Gasteiger partial charge in [-0.05, 0) is 29.1 Å². The number of alkyl halides is 3. The molecule has 2 nitrogen and oxygen atoms in total. The summed E-state index contributed by atoms with van der Waals surface area (Å²) in [5.41, 5.74) is -0.0327. The van der Waals surface area contributed by atoms with E-state index in [1.54, 1.807) is 6.21 Å². The molecule has 0 unspecified atom stereocenters. The molecule has 1 heterocycles. The molecule has 1 aromatic heterocycles. The molecule has 100 valence electrons. The Kier molecular flexibility index (Phi) is 4.21. The van der Waals surface area contributed by atoms with Crippen molar-refractivity contribution >= 4 is 17.6 Å². The van der Waals surface area contributed by atoms with E-state index in [0.29, 0.717) is 5.56 Å². The molecule has 19 heavy (non-hydrogen) atoms. The number of thiophene rings is 1. The van der Waals surface area contributed by atoms with Gasteiger partial charge in [0.2, 0.25) is 0 Å². The van der Waals surface area contributed by atoms with Crippen LogP contribution in [0.15, 0.2) is 46.9 Å². The van der Waals surface area contributed by atoms with E-state index in [2.05, 4.69) is 5.16 Å². The Morgan fingerprint density at radius 1 is 1.16 bits per heavy atom. The number of nitrogens with zero attached hydrogens (tertiary/aromatic N) is 1. The van der Waals surface area contributed by atoms with E-state index in [1.165, 1.54) is 23.5 Å². The van der Waals surface area contributed by atoms with E-state index in [-0.39, 0.29) is 6.61 Å². The molecular formula is C13H10F3NOS. The molecule has 0 atom stereocenters. The summed E-state index contributed by atoms with van der Waals surface area (Å²) < 4.78 is 37.0. The molecule has 0 bridgehead atoms. The zero-order valence-electron chi connectivity index (χ0n) is 9.72. The number of benzene rings is 1. The molecule has 0 aliphatic rings. The quantitative estimate of drug-likeness (QED) is 0.605. The van der Waals surface area contributed by atoms with Crippen LogP contribution in [0.4, 0.5) is 13.2 Å². The van der Waals surface area contributed by atoms with Crippen LogP contribution in [-0.2, 0) is 17.6 Å². The van der Waals surface area contributed by atoms with Crippen LogP contribution in [0.3, 0.4) is 0 Å². The van der Waals surface area contributed by atoms with Gasteiger partial charge in [0.25, 0.3) is 0 Å². The lowest BCUT2D eigenvalue weighted by Gasteiger charge is -2.06. The van der Waals surface area contributed by atoms with Gasteiger partial charge in [-0.15, -0.1) is 11.3 Å². The van der Waals surface area contributed by atoms with Crippen LogP contribution in [-0.4, -0.2) is 6.21 Å². The van der Waals surface area contributed by atoms with Crippen molar-refractivity contribution < 1.29 is 18.0 Å². The number of halogens is 3. The topological polar surface area (TPSA) is 21.6 Å². The molecule has 0 amide bonds. The summed E-state index contributed by atoms with van der Waals surface area (Å²) in [5.74, 6) is 0. The van der Waals surface area contributed by atoms with Crippen molar-refractivity contribution in [2.45, 2.75) is 12.8 Å². The highest BCUT2D eigenvalue weighted by atomic mass is 32.1. The molecular weight excluding hydrogens is 275 g/mol. The van der Waals surface area contributed by atoms with Crippen molar-refractivity contribution in [2.24, 2.45) is 5.16 Å². The highest BCUT2D eigenvalue weighted by Gasteiger charge is 2.29. The van der Waals surface area contributed by atoms with Crippen LogP contribution in [0.2, 0.25) is 0 Å². The summed E-state index contributed by atoms with van der Waals surface area (Å²) in [6.45, 7) is 0.139. The Labute approximate surface area is 112 Å². The highest BCUT2D eigenvalue weighted by molar-refractivity contribution is 7.11. The zero-order valence-corrected chi connectivity index (χ0v) is 10.5. The second-order valence-corrected chi connectivity index (χ2v) is 4.70. The molecule has 0 N–H and O–H groups in total. The third-order valence-electron chi connectivity index (χ3n) is 2.31. The van der Waals surface area contributed by atoms with Gasteiger partial charge in [0.05, 0.1) is 11.8 Å². The monoisotopic (exact) mass is 285 g/mol. The Balaban J connectivity index is 1.87. The van der Waals surface area contributed by atoms with E-state index in [9.17, 15) is 13.2 Å². The molecule has 0 radical (unpaired) electrons. The highest BCUT2D eigenvalue weighted by Crippen LogP contribution is 2.29. The van der Waals surface area contributed by atoms with Crippen molar-refractivity contribution in [3.05, 3.63) is 57.8 Å². The molecule has 0 aliphatic heterocycles. The first-order valence-corrected chi connectivity index (χ1v) is 6.28. The minimum atomic E-state index is -4.31. The van der Waals surface area contributed by atoms with Crippen molar-refractivity contribution in [2.75, 3.05) is 0 Å². The van der Waals surface area contributed by atoms with Crippen LogP contribution >= 0.6 is 11.3 Å². The Bertz CT molecular complexity index is 532. The largest absolute Gasteiger partial charge is 0.416 e. The maximum Gasteiger partial charge on any atom is 0.416 e. The normalized spacial score (nSPS) is 11.9. The van der Waals surface area contributed by atoms with Crippen LogP contribution in [0, 0.1) is 0 Å². The van der Waals surface area contributed by atoms with E-state index in [0.717, 1.165) is 17.0 Å². The molecule has 0 saturated carbocycles. The summed E-state index contributed by atoms with van der Waals surface area (Å²) in [6, 6.07) is 8.59. The van der Waals surface area contributed by atoms with Gasteiger partial charge >= 0.3 is 6.18 Å². The van der Waals surface area contributed by atoms with Crippen molar-refractivity contribution in [1.29, 1.82) is 0 Å². The summed E-state index contributed by atoms with van der Waals surface area (Å²) in [4.78, 5) is 5.96. The summed E-state index contributed by atoms with van der Waals surface area (Å²) in [7, 11) is 0. The number of hydrogen-bond donors (Lipinski definition) is 0. The third kappa shape index (κ3) is 4.10. The lowest BCUT2D eigenvalue weighted by molar-refractivity contribution is -0.137. The second-order valence-electron chi connectivity index (χ2n) is 3.72. The lowest BCUT2D eigenvalue weighted by atomic mass is 10.1. The second kappa shape index (κ2) is 5.88. The van der Waals surface area contributed by atoms with Crippen molar-refractivity contribution in [1.82, 2.24) is 0 Å². The molecule has 6 heteroatoms. The van der Waals surface area contributed by atoms with Crippen LogP contribution in [0.25, 0.3) is 0 Å². The first kappa shape index (κ1) is 13.6. The van der Waals surface area contributed by atoms with E-state index in [1.807, 2.05) is 17.5 Å². The summed E-state index contributed by atoms with van der Waals surface area (Å²) in [5, 5.41) is 5.66. The minimum Gasteiger partial charge on any atom is -0.391 e. The van der Waals surface area contributed by atoms with Gasteiger partial charge in [-0.25, -0.2) is 0 Å². The fraction of sp³-hybridized carbons (Fsp3) is 0.154. The fourth-order valence-electron chi connectivity index (χ4n) is 1.36. The average Bonchev–Trinajstić information content (AvgIpc) is 2.87. The maximum absolute atomic E-state index is 12.3. The van der Waals surface area contributed by atoms with E-state index < -0.39 is 11.7 Å². The Morgan fingerprint density at radius 2 is 1.89 bits per heavy atom. The zero-order chi connectivity index (χ0) is 13.7.